The number of aromatic nitrogens is 7. The number of nitrogens with zero attached hydrogens (tertiary/aromatic N) is 6. The molecule has 0 saturated heterocycles. The van der Waals surface area contributed by atoms with Gasteiger partial charge in [-0.05, 0) is 7.05 Å². The van der Waals surface area contributed by atoms with Crippen LogP contribution in [-0.2, 0) is 13.1 Å². The Kier molecular flexibility index (Phi) is 2.80. The number of aromatic amines is 1. The maximum atomic E-state index is 11.8. The summed E-state index contributed by atoms with van der Waals surface area (Å²) in [6.07, 6.45) is 3.23. The Morgan fingerprint density at radius 3 is 3.16 bits per heavy atom. The van der Waals surface area contributed by atoms with E-state index in [0.717, 1.165) is 5.69 Å². The molecule has 0 spiro atoms. The molecular formula is C10H12N8O. The molecule has 0 saturated carbocycles. The number of H-pyrrole nitrogens is 1. The van der Waals surface area contributed by atoms with Crippen LogP contribution < -0.4 is 10.9 Å². The molecule has 0 aliphatic rings. The van der Waals surface area contributed by atoms with E-state index in [9.17, 15) is 4.79 Å². The molecule has 0 bridgehead atoms. The van der Waals surface area contributed by atoms with Gasteiger partial charge in [-0.3, -0.25) is 9.89 Å². The molecule has 3 rings (SSSR count). The van der Waals surface area contributed by atoms with Crippen LogP contribution in [0, 0.1) is 0 Å². The molecule has 9 nitrogen and oxygen atoms in total. The van der Waals surface area contributed by atoms with E-state index in [1.807, 2.05) is 13.2 Å². The molecule has 0 aliphatic heterocycles. The maximum Gasteiger partial charge on any atom is 0.274 e. The van der Waals surface area contributed by atoms with Crippen LogP contribution in [0.3, 0.4) is 0 Å². The molecule has 0 fully saturated rings. The largest absolute Gasteiger partial charge is 0.314 e. The minimum atomic E-state index is -0.201. The standard InChI is InChI=1S/C10H12N8O/c1-11-3-8-5-17(16-15-8)4-7-2-9(19)18-10(14-7)12-6-13-18/h2,5-6,11H,3-4H2,1H3,(H,12,13,14). The van der Waals surface area contributed by atoms with Crippen LogP contribution in [0.2, 0.25) is 0 Å². The van der Waals surface area contributed by atoms with E-state index >= 15 is 0 Å². The highest BCUT2D eigenvalue weighted by atomic mass is 16.1. The lowest BCUT2D eigenvalue weighted by atomic mass is 10.4. The molecular weight excluding hydrogens is 248 g/mol. The van der Waals surface area contributed by atoms with Gasteiger partial charge in [0.15, 0.2) is 0 Å². The summed E-state index contributed by atoms with van der Waals surface area (Å²) in [7, 11) is 1.84. The van der Waals surface area contributed by atoms with Gasteiger partial charge in [0.2, 0.25) is 0 Å². The van der Waals surface area contributed by atoms with Gasteiger partial charge in [0.05, 0.1) is 24.1 Å². The second-order valence-corrected chi connectivity index (χ2v) is 4.05. The van der Waals surface area contributed by atoms with E-state index in [-0.39, 0.29) is 5.56 Å². The summed E-state index contributed by atoms with van der Waals surface area (Å²) < 4.78 is 2.91. The second-order valence-electron chi connectivity index (χ2n) is 4.05. The predicted octanol–water partition coefficient (Wildman–Crippen LogP) is -1.22. The third-order valence-corrected chi connectivity index (χ3v) is 2.59. The van der Waals surface area contributed by atoms with Gasteiger partial charge in [-0.2, -0.15) is 4.52 Å². The monoisotopic (exact) mass is 260 g/mol. The molecule has 0 radical (unpaired) electrons. The lowest BCUT2D eigenvalue weighted by molar-refractivity contribution is 0.635. The van der Waals surface area contributed by atoms with E-state index in [1.165, 1.54) is 16.9 Å². The zero-order valence-electron chi connectivity index (χ0n) is 10.2. The van der Waals surface area contributed by atoms with Crippen molar-refractivity contribution in [3.05, 3.63) is 40.3 Å². The first-order valence-electron chi connectivity index (χ1n) is 5.72. The lowest BCUT2D eigenvalue weighted by Crippen LogP contribution is -2.17. The normalized spacial score (nSPS) is 11.2. The van der Waals surface area contributed by atoms with Crippen molar-refractivity contribution < 1.29 is 0 Å². The second kappa shape index (κ2) is 4.61. The van der Waals surface area contributed by atoms with Gasteiger partial charge < -0.3 is 5.32 Å². The molecule has 2 N–H and O–H groups in total. The molecule has 0 aliphatic carbocycles. The summed E-state index contributed by atoms with van der Waals surface area (Å²) in [5, 5.41) is 13.7. The summed E-state index contributed by atoms with van der Waals surface area (Å²) in [5.74, 6) is 0.345. The van der Waals surface area contributed by atoms with Crippen LogP contribution >= 0.6 is 0 Å². The first-order valence-corrected chi connectivity index (χ1v) is 5.72. The molecule has 9 heteroatoms. The Balaban J connectivity index is 1.89. The molecule has 3 aromatic heterocycles. The van der Waals surface area contributed by atoms with Crippen molar-refractivity contribution in [3.8, 4) is 0 Å². The molecule has 0 amide bonds. The Labute approximate surface area is 107 Å². The van der Waals surface area contributed by atoms with Gasteiger partial charge in [-0.25, -0.2) is 14.6 Å². The Bertz CT molecular complexity index is 754. The van der Waals surface area contributed by atoms with Gasteiger partial charge in [-0.15, -0.1) is 5.10 Å². The number of rotatable bonds is 4. The average molecular weight is 260 g/mol. The van der Waals surface area contributed by atoms with E-state index < -0.39 is 0 Å². The lowest BCUT2D eigenvalue weighted by Gasteiger charge is -1.99. The van der Waals surface area contributed by atoms with Crippen LogP contribution in [0.1, 0.15) is 11.4 Å². The van der Waals surface area contributed by atoms with E-state index in [4.69, 9.17) is 0 Å². The molecule has 0 unspecified atom stereocenters. The highest BCUT2D eigenvalue weighted by Crippen LogP contribution is 1.99. The quantitative estimate of drug-likeness (QED) is 0.609. The molecule has 19 heavy (non-hydrogen) atoms. The summed E-state index contributed by atoms with van der Waals surface area (Å²) in [6.45, 7) is 1.03. The Hall–Kier alpha value is -2.55. The van der Waals surface area contributed by atoms with Crippen LogP contribution in [0.4, 0.5) is 0 Å². The van der Waals surface area contributed by atoms with Gasteiger partial charge >= 0.3 is 0 Å². The van der Waals surface area contributed by atoms with Gasteiger partial charge in [-0.1, -0.05) is 5.21 Å². The van der Waals surface area contributed by atoms with Crippen molar-refractivity contribution in [2.75, 3.05) is 7.05 Å². The molecule has 0 aromatic carbocycles. The summed E-state index contributed by atoms with van der Waals surface area (Å²) >= 11 is 0. The minimum Gasteiger partial charge on any atom is -0.314 e. The molecule has 3 heterocycles. The fourth-order valence-corrected chi connectivity index (χ4v) is 1.79. The summed E-state index contributed by atoms with van der Waals surface area (Å²) in [6, 6.07) is 1.45. The van der Waals surface area contributed by atoms with Gasteiger partial charge in [0.1, 0.15) is 6.33 Å². The topological polar surface area (TPSA) is 106 Å². The number of hydrogen-bond donors (Lipinski definition) is 2. The summed E-state index contributed by atoms with van der Waals surface area (Å²) in [4.78, 5) is 20.0. The Morgan fingerprint density at radius 1 is 1.42 bits per heavy atom. The first kappa shape index (κ1) is 11.5. The van der Waals surface area contributed by atoms with Crippen LogP contribution in [-0.4, -0.2) is 41.6 Å². The molecule has 98 valence electrons. The van der Waals surface area contributed by atoms with E-state index in [2.05, 4.69) is 30.7 Å². The Morgan fingerprint density at radius 2 is 2.32 bits per heavy atom. The highest BCUT2D eigenvalue weighted by molar-refractivity contribution is 5.26. The van der Waals surface area contributed by atoms with Crippen molar-refractivity contribution in [2.45, 2.75) is 13.1 Å². The fourth-order valence-electron chi connectivity index (χ4n) is 1.79. The van der Waals surface area contributed by atoms with Crippen molar-refractivity contribution >= 4 is 5.78 Å². The van der Waals surface area contributed by atoms with Crippen LogP contribution in [0.15, 0.2) is 23.4 Å². The molecule has 0 atom stereocenters. The van der Waals surface area contributed by atoms with Gasteiger partial charge in [0, 0.05) is 12.6 Å². The van der Waals surface area contributed by atoms with E-state index in [0.29, 0.717) is 24.6 Å². The van der Waals surface area contributed by atoms with Crippen molar-refractivity contribution in [3.63, 3.8) is 0 Å². The smallest absolute Gasteiger partial charge is 0.274 e. The third kappa shape index (κ3) is 2.22. The number of nitrogens with one attached hydrogen (secondary N) is 2. The maximum absolute atomic E-state index is 11.8. The predicted molar refractivity (Wildman–Crippen MR) is 65.5 cm³/mol. The fraction of sp³-hybridized carbons (Fsp3) is 0.300. The first-order chi connectivity index (χ1) is 9.26. The zero-order valence-corrected chi connectivity index (χ0v) is 10.2. The zero-order chi connectivity index (χ0) is 13.2. The average Bonchev–Trinajstić information content (AvgIpc) is 2.99. The highest BCUT2D eigenvalue weighted by Gasteiger charge is 2.06. The van der Waals surface area contributed by atoms with Gasteiger partial charge in [0.25, 0.3) is 11.3 Å². The van der Waals surface area contributed by atoms with Crippen molar-refractivity contribution in [1.82, 2.24) is 39.9 Å². The number of hydrogen-bond acceptors (Lipinski definition) is 6. The van der Waals surface area contributed by atoms with E-state index in [1.54, 1.807) is 4.68 Å². The van der Waals surface area contributed by atoms with Crippen molar-refractivity contribution in [1.29, 1.82) is 0 Å². The minimum absolute atomic E-state index is 0.201. The summed E-state index contributed by atoms with van der Waals surface area (Å²) in [5.41, 5.74) is 1.23. The third-order valence-electron chi connectivity index (χ3n) is 2.59. The number of fused-ring (bicyclic) bond motifs is 1. The van der Waals surface area contributed by atoms with Crippen LogP contribution in [0.25, 0.3) is 5.78 Å². The van der Waals surface area contributed by atoms with Crippen molar-refractivity contribution in [2.24, 2.45) is 0 Å². The van der Waals surface area contributed by atoms with Crippen LogP contribution in [0.5, 0.6) is 0 Å². The molecule has 3 aromatic rings. The SMILES string of the molecule is CNCc1cn(Cc2cc(=O)n3[nH]cnc3n2)nn1.